The maximum atomic E-state index is 13.7. The van der Waals surface area contributed by atoms with E-state index in [-0.39, 0.29) is 12.0 Å². The summed E-state index contributed by atoms with van der Waals surface area (Å²) in [4.78, 5) is 33.5. The number of halogens is 1. The van der Waals surface area contributed by atoms with Crippen molar-refractivity contribution >= 4 is 23.3 Å². The van der Waals surface area contributed by atoms with Crippen molar-refractivity contribution in [1.82, 2.24) is 19.1 Å². The summed E-state index contributed by atoms with van der Waals surface area (Å²) in [5, 5.41) is 3.97. The molecule has 144 valence electrons. The third-order valence-corrected chi connectivity index (χ3v) is 5.01. The smallest absolute Gasteiger partial charge is 0.303 e. The second-order valence-corrected chi connectivity index (χ2v) is 6.77. The summed E-state index contributed by atoms with van der Waals surface area (Å²) in [6.45, 7) is 0. The van der Waals surface area contributed by atoms with Crippen molar-refractivity contribution in [2.75, 3.05) is 5.43 Å². The molecule has 0 atom stereocenters. The Morgan fingerprint density at radius 2 is 1.96 bits per heavy atom. The molecule has 9 heteroatoms. The summed E-state index contributed by atoms with van der Waals surface area (Å²) in [5.74, 6) is -0.234. The number of nitrogens with zero attached hydrogens (tertiary/aromatic N) is 5. The predicted molar refractivity (Wildman–Crippen MR) is 104 cm³/mol. The molecule has 0 aliphatic heterocycles. The van der Waals surface area contributed by atoms with Crippen molar-refractivity contribution in [3.8, 4) is 0 Å². The van der Waals surface area contributed by atoms with Crippen LogP contribution in [0.3, 0.4) is 0 Å². The topological polar surface area (TPSA) is 94.2 Å². The number of nitrogens with one attached hydrogen (secondary N) is 1. The number of benzene rings is 1. The van der Waals surface area contributed by atoms with Crippen LogP contribution in [0.4, 0.5) is 10.3 Å². The fourth-order valence-electron chi connectivity index (χ4n) is 3.53. The third kappa shape index (κ3) is 3.19. The summed E-state index contributed by atoms with van der Waals surface area (Å²) >= 11 is 0. The zero-order valence-corrected chi connectivity index (χ0v) is 15.3. The summed E-state index contributed by atoms with van der Waals surface area (Å²) < 4.78 is 16.4. The molecule has 0 spiro atoms. The van der Waals surface area contributed by atoms with Gasteiger partial charge in [-0.3, -0.25) is 14.2 Å². The van der Waals surface area contributed by atoms with Crippen LogP contribution < -0.4 is 16.5 Å². The molecule has 1 aromatic carbocycles. The van der Waals surface area contributed by atoms with Crippen LogP contribution in [-0.4, -0.2) is 25.3 Å². The molecule has 0 radical (unpaired) electrons. The minimum atomic E-state index is -0.596. The lowest BCUT2D eigenvalue weighted by atomic mass is 10.2. The Hall–Kier alpha value is -3.36. The van der Waals surface area contributed by atoms with Crippen LogP contribution in [0.25, 0.3) is 11.2 Å². The van der Waals surface area contributed by atoms with Gasteiger partial charge in [-0.25, -0.2) is 14.8 Å². The lowest BCUT2D eigenvalue weighted by molar-refractivity contribution is 0.507. The zero-order valence-electron chi connectivity index (χ0n) is 15.3. The maximum Gasteiger partial charge on any atom is 0.318 e. The van der Waals surface area contributed by atoms with Gasteiger partial charge in [0.2, 0.25) is 5.95 Å². The molecule has 0 saturated heterocycles. The van der Waals surface area contributed by atoms with Crippen molar-refractivity contribution in [2.24, 2.45) is 12.1 Å². The monoisotopic (exact) mass is 382 g/mol. The molecular formula is C19H19FN6O2. The second-order valence-electron chi connectivity index (χ2n) is 6.77. The largest absolute Gasteiger partial charge is 0.318 e. The van der Waals surface area contributed by atoms with Gasteiger partial charge in [0.1, 0.15) is 11.3 Å². The predicted octanol–water partition coefficient (Wildman–Crippen LogP) is 2.19. The lowest BCUT2D eigenvalue weighted by Gasteiger charge is -2.17. The SMILES string of the molecule is Cn1c(=O)c(=O)n(C2CCCC2)c2nc(N/N=C/c3ccccc3F)ncc21. The number of rotatable bonds is 4. The molecular weight excluding hydrogens is 363 g/mol. The Labute approximate surface area is 159 Å². The average Bonchev–Trinajstić information content (AvgIpc) is 3.22. The first-order chi connectivity index (χ1) is 13.6. The summed E-state index contributed by atoms with van der Waals surface area (Å²) in [7, 11) is 1.53. The van der Waals surface area contributed by atoms with E-state index in [0.717, 1.165) is 25.7 Å². The van der Waals surface area contributed by atoms with E-state index < -0.39 is 16.9 Å². The first-order valence-corrected chi connectivity index (χ1v) is 9.08. The van der Waals surface area contributed by atoms with Crippen molar-refractivity contribution in [1.29, 1.82) is 0 Å². The van der Waals surface area contributed by atoms with Crippen molar-refractivity contribution in [3.63, 3.8) is 0 Å². The van der Waals surface area contributed by atoms with Crippen LogP contribution in [0.1, 0.15) is 37.3 Å². The van der Waals surface area contributed by atoms with Crippen molar-refractivity contribution in [2.45, 2.75) is 31.7 Å². The normalized spacial score (nSPS) is 14.9. The summed E-state index contributed by atoms with van der Waals surface area (Å²) in [6, 6.07) is 6.19. The van der Waals surface area contributed by atoms with Gasteiger partial charge in [-0.05, 0) is 18.9 Å². The van der Waals surface area contributed by atoms with E-state index in [0.29, 0.717) is 16.7 Å². The molecule has 2 heterocycles. The number of hydrogen-bond donors (Lipinski definition) is 1. The van der Waals surface area contributed by atoms with Gasteiger partial charge in [0.25, 0.3) is 0 Å². The van der Waals surface area contributed by atoms with E-state index in [1.807, 2.05) is 0 Å². The van der Waals surface area contributed by atoms with E-state index in [1.165, 1.54) is 34.7 Å². The molecule has 4 rings (SSSR count). The first kappa shape index (κ1) is 18.0. The Kier molecular flexibility index (Phi) is 4.72. The van der Waals surface area contributed by atoms with Gasteiger partial charge in [-0.2, -0.15) is 10.1 Å². The quantitative estimate of drug-likeness (QED) is 0.424. The molecule has 0 unspecified atom stereocenters. The van der Waals surface area contributed by atoms with Gasteiger partial charge in [0.15, 0.2) is 5.65 Å². The molecule has 0 amide bonds. The highest BCUT2D eigenvalue weighted by Crippen LogP contribution is 2.29. The summed E-state index contributed by atoms with van der Waals surface area (Å²) in [5.41, 5.74) is 2.66. The number of aryl methyl sites for hydroxylation is 1. The van der Waals surface area contributed by atoms with E-state index in [9.17, 15) is 14.0 Å². The van der Waals surface area contributed by atoms with Gasteiger partial charge in [0, 0.05) is 18.7 Å². The molecule has 2 aromatic heterocycles. The highest BCUT2D eigenvalue weighted by Gasteiger charge is 2.23. The van der Waals surface area contributed by atoms with E-state index in [4.69, 9.17) is 0 Å². The van der Waals surface area contributed by atoms with Crippen molar-refractivity contribution < 1.29 is 4.39 Å². The molecule has 3 aromatic rings. The highest BCUT2D eigenvalue weighted by molar-refractivity contribution is 5.80. The third-order valence-electron chi connectivity index (χ3n) is 5.01. The van der Waals surface area contributed by atoms with Crippen LogP contribution in [-0.2, 0) is 7.05 Å². The highest BCUT2D eigenvalue weighted by atomic mass is 19.1. The fourth-order valence-corrected chi connectivity index (χ4v) is 3.53. The van der Waals surface area contributed by atoms with E-state index in [1.54, 1.807) is 18.2 Å². The van der Waals surface area contributed by atoms with Gasteiger partial charge in [0.05, 0.1) is 12.4 Å². The zero-order chi connectivity index (χ0) is 19.7. The average molecular weight is 382 g/mol. The van der Waals surface area contributed by atoms with Crippen LogP contribution >= 0.6 is 0 Å². The molecule has 1 N–H and O–H groups in total. The van der Waals surface area contributed by atoms with E-state index in [2.05, 4.69) is 20.5 Å². The van der Waals surface area contributed by atoms with E-state index >= 15 is 0 Å². The molecule has 0 bridgehead atoms. The fraction of sp³-hybridized carbons (Fsp3) is 0.316. The van der Waals surface area contributed by atoms with Gasteiger partial charge < -0.3 is 4.57 Å². The number of anilines is 1. The van der Waals surface area contributed by atoms with Crippen LogP contribution in [0, 0.1) is 5.82 Å². The molecule has 1 aliphatic carbocycles. The summed E-state index contributed by atoms with van der Waals surface area (Å²) in [6.07, 6.45) is 6.50. The van der Waals surface area contributed by atoms with Crippen LogP contribution in [0.15, 0.2) is 45.2 Å². The van der Waals surface area contributed by atoms with Crippen LogP contribution in [0.2, 0.25) is 0 Å². The maximum absolute atomic E-state index is 13.7. The van der Waals surface area contributed by atoms with Gasteiger partial charge >= 0.3 is 11.1 Å². The number of hydrogen-bond acceptors (Lipinski definition) is 6. The Morgan fingerprint density at radius 1 is 1.21 bits per heavy atom. The lowest BCUT2D eigenvalue weighted by Crippen LogP contribution is -2.42. The molecule has 1 saturated carbocycles. The molecule has 28 heavy (non-hydrogen) atoms. The first-order valence-electron chi connectivity index (χ1n) is 9.08. The molecule has 1 fully saturated rings. The van der Waals surface area contributed by atoms with Crippen LogP contribution in [0.5, 0.6) is 0 Å². The number of aromatic nitrogens is 4. The van der Waals surface area contributed by atoms with Crippen molar-refractivity contribution in [3.05, 3.63) is 62.6 Å². The molecule has 1 aliphatic rings. The second kappa shape index (κ2) is 7.34. The minimum absolute atomic E-state index is 0.0476. The Bertz CT molecular complexity index is 1180. The minimum Gasteiger partial charge on any atom is -0.303 e. The van der Waals surface area contributed by atoms with Gasteiger partial charge in [-0.15, -0.1) is 0 Å². The van der Waals surface area contributed by atoms with Gasteiger partial charge in [-0.1, -0.05) is 31.0 Å². The Morgan fingerprint density at radius 3 is 2.71 bits per heavy atom. The number of hydrazone groups is 1. The molecule has 8 nitrogen and oxygen atoms in total. The Balaban J connectivity index is 1.74. The number of fused-ring (bicyclic) bond motifs is 1. The standard InChI is InChI=1S/C19H19FN6O2/c1-25-15-11-21-19(24-22-10-12-6-2-5-9-14(12)20)23-16(15)26(18(28)17(25)27)13-7-3-4-8-13/h2,5-6,9-11,13H,3-4,7-8H2,1H3,(H,21,23,24)/b22-10+.